The van der Waals surface area contributed by atoms with Crippen LogP contribution >= 0.6 is 11.6 Å². The molecule has 1 aliphatic rings. The van der Waals surface area contributed by atoms with E-state index >= 15 is 0 Å². The number of rotatable bonds is 3. The van der Waals surface area contributed by atoms with Crippen LogP contribution in [-0.2, 0) is 9.47 Å². The molecule has 0 radical (unpaired) electrons. The van der Waals surface area contributed by atoms with Crippen molar-refractivity contribution in [1.29, 1.82) is 0 Å². The molecule has 1 fully saturated rings. The molecule has 0 saturated carbocycles. The summed E-state index contributed by atoms with van der Waals surface area (Å²) in [5, 5.41) is 0.386. The molecule has 0 bridgehead atoms. The number of anilines is 2. The van der Waals surface area contributed by atoms with Gasteiger partial charge in [0.1, 0.15) is 17.2 Å². The van der Waals surface area contributed by atoms with Gasteiger partial charge in [0.2, 0.25) is 0 Å². The molecule has 1 saturated heterocycles. The zero-order valence-corrected chi connectivity index (χ0v) is 12.1. The smallest absolute Gasteiger partial charge is 0.153 e. The Morgan fingerprint density at radius 2 is 2.32 bits per heavy atom. The van der Waals surface area contributed by atoms with Crippen molar-refractivity contribution in [3.05, 3.63) is 11.3 Å². The second kappa shape index (κ2) is 5.48. The molecule has 0 aromatic carbocycles. The van der Waals surface area contributed by atoms with Crippen molar-refractivity contribution in [3.63, 3.8) is 0 Å². The molecule has 2 rings (SSSR count). The molecule has 1 atom stereocenters. The second-order valence-electron chi connectivity index (χ2n) is 5.23. The number of halogens is 1. The Hall–Kier alpha value is -1.11. The highest BCUT2D eigenvalue weighted by molar-refractivity contribution is 6.35. The van der Waals surface area contributed by atoms with Crippen molar-refractivity contribution in [2.45, 2.75) is 25.6 Å². The summed E-state index contributed by atoms with van der Waals surface area (Å²) >= 11 is 6.18. The third kappa shape index (κ3) is 3.26. The third-order valence-electron chi connectivity index (χ3n) is 2.93. The molecule has 0 spiro atoms. The minimum Gasteiger partial charge on any atom is -0.382 e. The van der Waals surface area contributed by atoms with Crippen molar-refractivity contribution in [1.82, 2.24) is 9.97 Å². The van der Waals surface area contributed by atoms with Gasteiger partial charge in [0.15, 0.2) is 5.82 Å². The van der Waals surface area contributed by atoms with Crippen LogP contribution in [0.15, 0.2) is 6.33 Å². The molecule has 1 aromatic heterocycles. The van der Waals surface area contributed by atoms with Crippen molar-refractivity contribution in [2.75, 3.05) is 37.4 Å². The maximum Gasteiger partial charge on any atom is 0.153 e. The molecule has 106 valence electrons. The standard InChI is InChI=1S/C12H19ClN4O2/c1-12(2)6-17(4-8(19-12)5-18-3)11-9(13)10(14)15-7-16-11/h7-8H,4-6H2,1-3H3,(H2,14,15,16). The van der Waals surface area contributed by atoms with Gasteiger partial charge in [-0.25, -0.2) is 9.97 Å². The van der Waals surface area contributed by atoms with E-state index in [1.165, 1.54) is 6.33 Å². The van der Waals surface area contributed by atoms with Crippen LogP contribution in [0.5, 0.6) is 0 Å². The van der Waals surface area contributed by atoms with E-state index in [9.17, 15) is 0 Å². The van der Waals surface area contributed by atoms with E-state index < -0.39 is 0 Å². The minimum atomic E-state index is -0.301. The van der Waals surface area contributed by atoms with Crippen molar-refractivity contribution < 1.29 is 9.47 Å². The first-order valence-electron chi connectivity index (χ1n) is 6.10. The lowest BCUT2D eigenvalue weighted by atomic mass is 10.1. The van der Waals surface area contributed by atoms with E-state index in [0.29, 0.717) is 36.4 Å². The fourth-order valence-corrected chi connectivity index (χ4v) is 2.54. The molecular formula is C12H19ClN4O2. The summed E-state index contributed by atoms with van der Waals surface area (Å²) in [5.41, 5.74) is 5.42. The van der Waals surface area contributed by atoms with Gasteiger partial charge in [0.05, 0.1) is 18.3 Å². The van der Waals surface area contributed by atoms with Gasteiger partial charge in [-0.1, -0.05) is 11.6 Å². The number of ether oxygens (including phenoxy) is 2. The molecule has 1 unspecified atom stereocenters. The van der Waals surface area contributed by atoms with E-state index in [2.05, 4.69) is 14.9 Å². The lowest BCUT2D eigenvalue weighted by Gasteiger charge is -2.43. The Morgan fingerprint density at radius 3 is 3.00 bits per heavy atom. The van der Waals surface area contributed by atoms with Crippen LogP contribution in [0, 0.1) is 0 Å². The topological polar surface area (TPSA) is 73.5 Å². The predicted molar refractivity (Wildman–Crippen MR) is 74.5 cm³/mol. The largest absolute Gasteiger partial charge is 0.382 e. The zero-order chi connectivity index (χ0) is 14.0. The van der Waals surface area contributed by atoms with Crippen LogP contribution < -0.4 is 10.6 Å². The van der Waals surface area contributed by atoms with Gasteiger partial charge in [-0.3, -0.25) is 0 Å². The summed E-state index contributed by atoms with van der Waals surface area (Å²) in [5.74, 6) is 0.936. The van der Waals surface area contributed by atoms with E-state index in [1.54, 1.807) is 7.11 Å². The first-order chi connectivity index (χ1) is 8.93. The molecule has 0 amide bonds. The Kier molecular flexibility index (Phi) is 4.13. The second-order valence-corrected chi connectivity index (χ2v) is 5.61. The van der Waals surface area contributed by atoms with Crippen molar-refractivity contribution >= 4 is 23.2 Å². The highest BCUT2D eigenvalue weighted by Crippen LogP contribution is 2.31. The number of nitrogen functional groups attached to an aromatic ring is 1. The molecule has 1 aliphatic heterocycles. The van der Waals surface area contributed by atoms with Gasteiger partial charge in [-0.2, -0.15) is 0 Å². The van der Waals surface area contributed by atoms with Gasteiger partial charge >= 0.3 is 0 Å². The van der Waals surface area contributed by atoms with Crippen molar-refractivity contribution in [2.24, 2.45) is 0 Å². The van der Waals surface area contributed by atoms with Crippen LogP contribution in [0.2, 0.25) is 5.02 Å². The summed E-state index contributed by atoms with van der Waals surface area (Å²) in [6, 6.07) is 0. The van der Waals surface area contributed by atoms with Crippen molar-refractivity contribution in [3.8, 4) is 0 Å². The molecule has 2 heterocycles. The van der Waals surface area contributed by atoms with E-state index in [-0.39, 0.29) is 11.7 Å². The van der Waals surface area contributed by atoms with Crippen LogP contribution in [-0.4, -0.2) is 48.5 Å². The summed E-state index contributed by atoms with van der Waals surface area (Å²) in [4.78, 5) is 10.2. The summed E-state index contributed by atoms with van der Waals surface area (Å²) in [6.07, 6.45) is 1.39. The molecule has 6 nitrogen and oxygen atoms in total. The lowest BCUT2D eigenvalue weighted by molar-refractivity contribution is -0.106. The summed E-state index contributed by atoms with van der Waals surface area (Å²) in [7, 11) is 1.66. The SMILES string of the molecule is COCC1CN(c2ncnc(N)c2Cl)CC(C)(C)O1. The Bertz CT molecular complexity index is 455. The highest BCUT2D eigenvalue weighted by Gasteiger charge is 2.35. The Morgan fingerprint density at radius 1 is 1.58 bits per heavy atom. The molecule has 2 N–H and O–H groups in total. The number of morpholine rings is 1. The van der Waals surface area contributed by atoms with E-state index in [1.807, 2.05) is 13.8 Å². The molecule has 19 heavy (non-hydrogen) atoms. The number of nitrogens with zero attached hydrogens (tertiary/aromatic N) is 3. The number of nitrogens with two attached hydrogens (primary N) is 1. The van der Waals surface area contributed by atoms with Crippen LogP contribution in [0.1, 0.15) is 13.8 Å². The number of methoxy groups -OCH3 is 1. The fraction of sp³-hybridized carbons (Fsp3) is 0.667. The number of hydrogen-bond acceptors (Lipinski definition) is 6. The highest BCUT2D eigenvalue weighted by atomic mass is 35.5. The summed E-state index contributed by atoms with van der Waals surface area (Å²) < 4.78 is 11.1. The number of hydrogen-bond donors (Lipinski definition) is 1. The summed E-state index contributed by atoms with van der Waals surface area (Å²) in [6.45, 7) is 5.93. The monoisotopic (exact) mass is 286 g/mol. The first-order valence-corrected chi connectivity index (χ1v) is 6.48. The van der Waals surface area contributed by atoms with Gasteiger partial charge in [-0.15, -0.1) is 0 Å². The lowest BCUT2D eigenvalue weighted by Crippen LogP contribution is -2.54. The Labute approximate surface area is 117 Å². The average molecular weight is 287 g/mol. The predicted octanol–water partition coefficient (Wildman–Crippen LogP) is 1.34. The van der Waals surface area contributed by atoms with Gasteiger partial charge in [-0.05, 0) is 13.8 Å². The first kappa shape index (κ1) is 14.3. The van der Waals surface area contributed by atoms with Gasteiger partial charge in [0, 0.05) is 20.2 Å². The quantitative estimate of drug-likeness (QED) is 0.904. The normalized spacial score (nSPS) is 22.5. The maximum absolute atomic E-state index is 6.18. The van der Waals surface area contributed by atoms with Crippen LogP contribution in [0.4, 0.5) is 11.6 Å². The van der Waals surface area contributed by atoms with Gasteiger partial charge in [0.25, 0.3) is 0 Å². The van der Waals surface area contributed by atoms with Crippen LogP contribution in [0.3, 0.4) is 0 Å². The average Bonchev–Trinajstić information content (AvgIpc) is 2.31. The van der Waals surface area contributed by atoms with E-state index in [0.717, 1.165) is 0 Å². The third-order valence-corrected chi connectivity index (χ3v) is 3.29. The molecule has 1 aromatic rings. The Balaban J connectivity index is 2.25. The zero-order valence-electron chi connectivity index (χ0n) is 11.4. The van der Waals surface area contributed by atoms with E-state index in [4.69, 9.17) is 26.8 Å². The number of aromatic nitrogens is 2. The van der Waals surface area contributed by atoms with Crippen LogP contribution in [0.25, 0.3) is 0 Å². The molecule has 7 heteroatoms. The fourth-order valence-electron chi connectivity index (χ4n) is 2.32. The molecule has 0 aliphatic carbocycles. The molecular weight excluding hydrogens is 268 g/mol. The maximum atomic E-state index is 6.18. The van der Waals surface area contributed by atoms with Gasteiger partial charge < -0.3 is 20.1 Å². The minimum absolute atomic E-state index is 0.0268.